The first-order valence-electron chi connectivity index (χ1n) is 6.61. The maximum atomic E-state index is 13.2. The summed E-state index contributed by atoms with van der Waals surface area (Å²) in [5, 5.41) is 0. The molecule has 0 unspecified atom stereocenters. The molecule has 0 saturated heterocycles. The van der Waals surface area contributed by atoms with Gasteiger partial charge in [0.2, 0.25) is 0 Å². The SMILES string of the molecule is CCOc1cc(F)ccc1/C=C/C(=O)c1ccccc1N. The molecule has 0 radical (unpaired) electrons. The van der Waals surface area contributed by atoms with Crippen LogP contribution in [0.4, 0.5) is 10.1 Å². The average molecular weight is 285 g/mol. The van der Waals surface area contributed by atoms with Gasteiger partial charge in [-0.2, -0.15) is 0 Å². The number of hydrogen-bond donors (Lipinski definition) is 1. The summed E-state index contributed by atoms with van der Waals surface area (Å²) in [6.07, 6.45) is 3.00. The molecule has 0 fully saturated rings. The summed E-state index contributed by atoms with van der Waals surface area (Å²) < 4.78 is 18.6. The van der Waals surface area contributed by atoms with Gasteiger partial charge in [0.25, 0.3) is 0 Å². The summed E-state index contributed by atoms with van der Waals surface area (Å²) in [6.45, 7) is 2.23. The third-order valence-corrected chi connectivity index (χ3v) is 2.92. The van der Waals surface area contributed by atoms with Crippen LogP contribution in [0.5, 0.6) is 5.75 Å². The van der Waals surface area contributed by atoms with Gasteiger partial charge in [0.1, 0.15) is 11.6 Å². The lowest BCUT2D eigenvalue weighted by atomic mass is 10.1. The van der Waals surface area contributed by atoms with Crippen molar-refractivity contribution in [1.82, 2.24) is 0 Å². The second-order valence-corrected chi connectivity index (χ2v) is 4.40. The van der Waals surface area contributed by atoms with Crippen molar-refractivity contribution in [3.05, 3.63) is 65.5 Å². The molecule has 0 amide bonds. The summed E-state index contributed by atoms with van der Waals surface area (Å²) in [7, 11) is 0. The number of anilines is 1. The Morgan fingerprint density at radius 2 is 2.05 bits per heavy atom. The zero-order valence-corrected chi connectivity index (χ0v) is 11.7. The molecule has 0 heterocycles. The van der Waals surface area contributed by atoms with E-state index in [1.165, 1.54) is 18.2 Å². The Bertz CT molecular complexity index is 680. The van der Waals surface area contributed by atoms with Crippen molar-refractivity contribution in [1.29, 1.82) is 0 Å². The first kappa shape index (κ1) is 14.8. The summed E-state index contributed by atoms with van der Waals surface area (Å²) in [5.74, 6) is -0.184. The van der Waals surface area contributed by atoms with Crippen molar-refractivity contribution in [2.75, 3.05) is 12.3 Å². The molecular weight excluding hydrogens is 269 g/mol. The number of hydrogen-bond acceptors (Lipinski definition) is 3. The second kappa shape index (κ2) is 6.70. The van der Waals surface area contributed by atoms with E-state index >= 15 is 0 Å². The van der Waals surface area contributed by atoms with Gasteiger partial charge in [-0.3, -0.25) is 4.79 Å². The van der Waals surface area contributed by atoms with Crippen LogP contribution < -0.4 is 10.5 Å². The zero-order chi connectivity index (χ0) is 15.2. The molecule has 4 heteroatoms. The molecule has 2 rings (SSSR count). The Morgan fingerprint density at radius 1 is 1.29 bits per heavy atom. The van der Waals surface area contributed by atoms with Crippen LogP contribution in [0.25, 0.3) is 6.08 Å². The normalized spacial score (nSPS) is 10.8. The average Bonchev–Trinajstić information content (AvgIpc) is 2.47. The minimum absolute atomic E-state index is 0.208. The molecular formula is C17H16FNO2. The van der Waals surface area contributed by atoms with Crippen molar-refractivity contribution in [2.45, 2.75) is 6.92 Å². The minimum atomic E-state index is -0.380. The fourth-order valence-corrected chi connectivity index (χ4v) is 1.90. The van der Waals surface area contributed by atoms with E-state index in [0.717, 1.165) is 0 Å². The first-order valence-corrected chi connectivity index (χ1v) is 6.61. The smallest absolute Gasteiger partial charge is 0.187 e. The van der Waals surface area contributed by atoms with Crippen molar-refractivity contribution in [3.8, 4) is 5.75 Å². The van der Waals surface area contributed by atoms with Gasteiger partial charge in [0.05, 0.1) is 6.61 Å². The molecule has 2 N–H and O–H groups in total. The number of ketones is 1. The van der Waals surface area contributed by atoms with Gasteiger partial charge in [0.15, 0.2) is 5.78 Å². The summed E-state index contributed by atoms with van der Waals surface area (Å²) in [4.78, 5) is 12.1. The van der Waals surface area contributed by atoms with Gasteiger partial charge in [-0.05, 0) is 43.3 Å². The fourth-order valence-electron chi connectivity index (χ4n) is 1.90. The standard InChI is InChI=1S/C17H16FNO2/c1-2-21-17-11-13(18)9-7-12(17)8-10-16(20)14-5-3-4-6-15(14)19/h3-11H,2,19H2,1H3/b10-8+. The highest BCUT2D eigenvalue weighted by atomic mass is 19.1. The van der Waals surface area contributed by atoms with Crippen molar-refractivity contribution in [2.24, 2.45) is 0 Å². The maximum Gasteiger partial charge on any atom is 0.187 e. The molecule has 0 aromatic heterocycles. The Hall–Kier alpha value is -2.62. The third kappa shape index (κ3) is 3.69. The number of carbonyl (C=O) groups excluding carboxylic acids is 1. The number of carbonyl (C=O) groups is 1. The van der Waals surface area contributed by atoms with E-state index < -0.39 is 0 Å². The quantitative estimate of drug-likeness (QED) is 0.517. The molecule has 0 saturated carbocycles. The summed E-state index contributed by atoms with van der Waals surface area (Å²) in [6, 6.07) is 11.0. The molecule has 3 nitrogen and oxygen atoms in total. The molecule has 0 atom stereocenters. The van der Waals surface area contributed by atoms with E-state index in [1.807, 2.05) is 6.92 Å². The highest BCUT2D eigenvalue weighted by molar-refractivity contribution is 6.10. The lowest BCUT2D eigenvalue weighted by Crippen LogP contribution is -2.00. The predicted molar refractivity (Wildman–Crippen MR) is 81.8 cm³/mol. The number of nitrogen functional groups attached to an aromatic ring is 1. The molecule has 0 aliphatic heterocycles. The highest BCUT2D eigenvalue weighted by Gasteiger charge is 2.07. The summed E-state index contributed by atoms with van der Waals surface area (Å²) >= 11 is 0. The summed E-state index contributed by atoms with van der Waals surface area (Å²) in [5.41, 5.74) is 7.26. The highest BCUT2D eigenvalue weighted by Crippen LogP contribution is 2.22. The molecule has 0 aliphatic rings. The van der Waals surface area contributed by atoms with Crippen molar-refractivity contribution < 1.29 is 13.9 Å². The molecule has 21 heavy (non-hydrogen) atoms. The molecule has 0 bridgehead atoms. The van der Waals surface area contributed by atoms with E-state index in [0.29, 0.717) is 29.2 Å². The Balaban J connectivity index is 2.25. The van der Waals surface area contributed by atoms with Gasteiger partial charge in [-0.1, -0.05) is 12.1 Å². The van der Waals surface area contributed by atoms with Crippen LogP contribution in [0.1, 0.15) is 22.8 Å². The number of ether oxygens (including phenoxy) is 1. The lowest BCUT2D eigenvalue weighted by molar-refractivity contribution is 0.104. The van der Waals surface area contributed by atoms with E-state index in [2.05, 4.69) is 0 Å². The van der Waals surface area contributed by atoms with Crippen molar-refractivity contribution >= 4 is 17.5 Å². The maximum absolute atomic E-state index is 13.2. The fraction of sp³-hybridized carbons (Fsp3) is 0.118. The van der Waals surface area contributed by atoms with Crippen LogP contribution in [0.3, 0.4) is 0 Å². The number of rotatable bonds is 5. The molecule has 2 aromatic rings. The van der Waals surface area contributed by atoms with E-state index in [4.69, 9.17) is 10.5 Å². The van der Waals surface area contributed by atoms with Gasteiger partial charge in [-0.15, -0.1) is 0 Å². The molecule has 108 valence electrons. The van der Waals surface area contributed by atoms with Crippen LogP contribution >= 0.6 is 0 Å². The van der Waals surface area contributed by atoms with Crippen LogP contribution in [-0.4, -0.2) is 12.4 Å². The number of allylic oxidation sites excluding steroid dienone is 1. The van der Waals surface area contributed by atoms with Crippen LogP contribution in [-0.2, 0) is 0 Å². The van der Waals surface area contributed by atoms with Gasteiger partial charge >= 0.3 is 0 Å². The Labute approximate surface area is 122 Å². The minimum Gasteiger partial charge on any atom is -0.493 e. The van der Waals surface area contributed by atoms with E-state index in [-0.39, 0.29) is 11.6 Å². The molecule has 0 aliphatic carbocycles. The largest absolute Gasteiger partial charge is 0.493 e. The van der Waals surface area contributed by atoms with Gasteiger partial charge in [0, 0.05) is 22.9 Å². The van der Waals surface area contributed by atoms with E-state index in [9.17, 15) is 9.18 Å². The number of nitrogens with two attached hydrogens (primary N) is 1. The first-order chi connectivity index (χ1) is 10.1. The predicted octanol–water partition coefficient (Wildman–Crippen LogP) is 3.70. The Morgan fingerprint density at radius 3 is 2.76 bits per heavy atom. The Kier molecular flexibility index (Phi) is 4.72. The third-order valence-electron chi connectivity index (χ3n) is 2.92. The van der Waals surface area contributed by atoms with Crippen LogP contribution in [0, 0.1) is 5.82 Å². The van der Waals surface area contributed by atoms with Gasteiger partial charge in [-0.25, -0.2) is 4.39 Å². The zero-order valence-electron chi connectivity index (χ0n) is 11.7. The number of benzene rings is 2. The lowest BCUT2D eigenvalue weighted by Gasteiger charge is -2.07. The van der Waals surface area contributed by atoms with E-state index in [1.54, 1.807) is 36.4 Å². The molecule has 2 aromatic carbocycles. The van der Waals surface area contributed by atoms with Crippen LogP contribution in [0.15, 0.2) is 48.5 Å². The number of para-hydroxylation sites is 1. The topological polar surface area (TPSA) is 52.3 Å². The van der Waals surface area contributed by atoms with Crippen LogP contribution in [0.2, 0.25) is 0 Å². The molecule has 0 spiro atoms. The number of halogens is 1. The monoisotopic (exact) mass is 285 g/mol. The van der Waals surface area contributed by atoms with Crippen molar-refractivity contribution in [3.63, 3.8) is 0 Å². The van der Waals surface area contributed by atoms with Gasteiger partial charge < -0.3 is 10.5 Å². The second-order valence-electron chi connectivity index (χ2n) is 4.40.